The van der Waals surface area contributed by atoms with Gasteiger partial charge in [0.15, 0.2) is 0 Å². The molecule has 23 heavy (non-hydrogen) atoms. The molecular weight excluding hydrogens is 284 g/mol. The normalized spacial score (nSPS) is 12.2. The van der Waals surface area contributed by atoms with Gasteiger partial charge in [-0.1, -0.05) is 49.4 Å². The average Bonchev–Trinajstić information content (AvgIpc) is 2.90. The number of hydrogen-bond acceptors (Lipinski definition) is 3. The highest BCUT2D eigenvalue weighted by molar-refractivity contribution is 5.86. The molecule has 0 radical (unpaired) electrons. The van der Waals surface area contributed by atoms with E-state index in [-0.39, 0.29) is 6.04 Å². The third-order valence-corrected chi connectivity index (χ3v) is 4.38. The molecule has 1 aromatic heterocycles. The van der Waals surface area contributed by atoms with Crippen molar-refractivity contribution in [2.45, 2.75) is 32.7 Å². The number of fused-ring (bicyclic) bond motifs is 1. The zero-order valence-corrected chi connectivity index (χ0v) is 13.5. The fourth-order valence-electron chi connectivity index (χ4n) is 2.88. The molecule has 2 aromatic carbocycles. The Kier molecular flexibility index (Phi) is 4.03. The van der Waals surface area contributed by atoms with E-state index < -0.39 is 0 Å². The minimum atomic E-state index is 0.184. The highest BCUT2D eigenvalue weighted by Gasteiger charge is 2.18. The molecular formula is C19H20N4. The first-order valence-corrected chi connectivity index (χ1v) is 7.89. The first kappa shape index (κ1) is 15.1. The van der Waals surface area contributed by atoms with Crippen LogP contribution in [0.5, 0.6) is 0 Å². The lowest BCUT2D eigenvalue weighted by Gasteiger charge is -2.10. The van der Waals surface area contributed by atoms with Gasteiger partial charge in [-0.15, -0.1) is 0 Å². The molecule has 1 heterocycles. The van der Waals surface area contributed by atoms with Gasteiger partial charge in [0, 0.05) is 6.42 Å². The maximum Gasteiger partial charge on any atom is 0.140 e. The minimum absolute atomic E-state index is 0.184. The van der Waals surface area contributed by atoms with Gasteiger partial charge in [-0.2, -0.15) is 10.4 Å². The summed E-state index contributed by atoms with van der Waals surface area (Å²) in [5, 5.41) is 16.5. The lowest BCUT2D eigenvalue weighted by Crippen LogP contribution is -2.09. The lowest BCUT2D eigenvalue weighted by atomic mass is 10.00. The summed E-state index contributed by atoms with van der Waals surface area (Å²) in [5.41, 5.74) is 8.55. The van der Waals surface area contributed by atoms with Gasteiger partial charge in [0.2, 0.25) is 0 Å². The van der Waals surface area contributed by atoms with E-state index in [2.05, 4.69) is 49.3 Å². The Balaban J connectivity index is 2.07. The summed E-state index contributed by atoms with van der Waals surface area (Å²) < 4.78 is 1.78. The van der Waals surface area contributed by atoms with Crippen molar-refractivity contribution in [1.82, 2.24) is 9.78 Å². The molecule has 4 heteroatoms. The van der Waals surface area contributed by atoms with Crippen molar-refractivity contribution in [3.8, 4) is 6.07 Å². The van der Waals surface area contributed by atoms with E-state index in [1.807, 2.05) is 18.2 Å². The van der Waals surface area contributed by atoms with Gasteiger partial charge in [0.05, 0.1) is 11.7 Å². The van der Waals surface area contributed by atoms with Crippen LogP contribution in [-0.4, -0.2) is 9.78 Å². The summed E-state index contributed by atoms with van der Waals surface area (Å²) >= 11 is 0. The number of anilines is 1. The second-order valence-corrected chi connectivity index (χ2v) is 5.84. The molecule has 0 amide bonds. The Hall–Kier alpha value is -2.80. The molecule has 2 N–H and O–H groups in total. The third-order valence-electron chi connectivity index (χ3n) is 4.38. The molecule has 0 aliphatic rings. The van der Waals surface area contributed by atoms with E-state index in [9.17, 15) is 5.26 Å². The number of nitrogen functional groups attached to an aromatic ring is 1. The molecule has 116 valence electrons. The van der Waals surface area contributed by atoms with Crippen LogP contribution in [0.25, 0.3) is 10.8 Å². The molecule has 0 saturated carbocycles. The summed E-state index contributed by atoms with van der Waals surface area (Å²) in [6, 6.07) is 16.9. The van der Waals surface area contributed by atoms with E-state index in [4.69, 9.17) is 5.73 Å². The van der Waals surface area contributed by atoms with Gasteiger partial charge in [0.25, 0.3) is 0 Å². The van der Waals surface area contributed by atoms with Crippen molar-refractivity contribution in [2.75, 3.05) is 5.73 Å². The van der Waals surface area contributed by atoms with Crippen molar-refractivity contribution < 1.29 is 0 Å². The zero-order valence-electron chi connectivity index (χ0n) is 13.5. The monoisotopic (exact) mass is 304 g/mol. The van der Waals surface area contributed by atoms with Crippen LogP contribution in [0, 0.1) is 11.3 Å². The number of nitrogens with two attached hydrogens (primary N) is 1. The number of benzene rings is 2. The van der Waals surface area contributed by atoms with E-state index in [0.717, 1.165) is 17.7 Å². The summed E-state index contributed by atoms with van der Waals surface area (Å²) in [5.74, 6) is 0.470. The van der Waals surface area contributed by atoms with E-state index in [1.165, 1.54) is 10.8 Å². The largest absolute Gasteiger partial charge is 0.383 e. The molecule has 1 atom stereocenters. The maximum absolute atomic E-state index is 9.48. The highest BCUT2D eigenvalue weighted by Crippen LogP contribution is 2.26. The zero-order chi connectivity index (χ0) is 16.4. The van der Waals surface area contributed by atoms with Crippen LogP contribution >= 0.6 is 0 Å². The quantitative estimate of drug-likeness (QED) is 0.790. The maximum atomic E-state index is 9.48. The van der Waals surface area contributed by atoms with Gasteiger partial charge in [-0.05, 0) is 29.7 Å². The smallest absolute Gasteiger partial charge is 0.140 e. The van der Waals surface area contributed by atoms with Gasteiger partial charge in [-0.25, -0.2) is 4.68 Å². The first-order valence-electron chi connectivity index (χ1n) is 7.89. The van der Waals surface area contributed by atoms with Crippen LogP contribution in [0.3, 0.4) is 0 Å². The van der Waals surface area contributed by atoms with E-state index in [0.29, 0.717) is 17.8 Å². The van der Waals surface area contributed by atoms with Crippen molar-refractivity contribution in [3.05, 3.63) is 59.3 Å². The fourth-order valence-corrected chi connectivity index (χ4v) is 2.88. The SMILES string of the molecule is CC[C@@H](C)n1nc(Cc2cccc3ccccc23)c(C#N)c1N. The number of hydrogen-bond donors (Lipinski definition) is 1. The molecule has 0 saturated heterocycles. The van der Waals surface area contributed by atoms with Crippen LogP contribution in [0.15, 0.2) is 42.5 Å². The molecule has 0 spiro atoms. The first-order chi connectivity index (χ1) is 11.2. The van der Waals surface area contributed by atoms with Gasteiger partial charge in [0.1, 0.15) is 17.5 Å². The number of rotatable bonds is 4. The Bertz CT molecular complexity index is 881. The molecule has 3 rings (SSSR count). The Morgan fingerprint density at radius 1 is 1.22 bits per heavy atom. The Labute approximate surface area is 136 Å². The summed E-state index contributed by atoms with van der Waals surface area (Å²) in [7, 11) is 0. The molecule has 0 aliphatic carbocycles. The Morgan fingerprint density at radius 3 is 2.70 bits per heavy atom. The second-order valence-electron chi connectivity index (χ2n) is 5.84. The number of nitrogens with zero attached hydrogens (tertiary/aromatic N) is 3. The van der Waals surface area contributed by atoms with E-state index >= 15 is 0 Å². The van der Waals surface area contributed by atoms with Gasteiger partial charge in [-0.3, -0.25) is 0 Å². The standard InChI is InChI=1S/C19H20N4/c1-3-13(2)23-19(21)17(12-20)18(22-23)11-15-9-6-8-14-7-4-5-10-16(14)15/h4-10,13H,3,11,21H2,1-2H3/t13-/m1/s1. The predicted octanol–water partition coefficient (Wildman–Crippen LogP) is 4.05. The fraction of sp³-hybridized carbons (Fsp3) is 0.263. The Morgan fingerprint density at radius 2 is 1.96 bits per heavy atom. The number of aromatic nitrogens is 2. The summed E-state index contributed by atoms with van der Waals surface area (Å²) in [6.07, 6.45) is 1.53. The molecule has 0 unspecified atom stereocenters. The van der Waals surface area contributed by atoms with Crippen molar-refractivity contribution >= 4 is 16.6 Å². The average molecular weight is 304 g/mol. The van der Waals surface area contributed by atoms with Crippen LogP contribution in [0.1, 0.15) is 43.1 Å². The van der Waals surface area contributed by atoms with Crippen LogP contribution in [0.2, 0.25) is 0 Å². The molecule has 0 aliphatic heterocycles. The topological polar surface area (TPSA) is 67.6 Å². The van der Waals surface area contributed by atoms with Crippen LogP contribution in [-0.2, 0) is 6.42 Å². The molecule has 3 aromatic rings. The predicted molar refractivity (Wildman–Crippen MR) is 93.1 cm³/mol. The molecule has 0 bridgehead atoms. The van der Waals surface area contributed by atoms with Gasteiger partial charge < -0.3 is 5.73 Å². The van der Waals surface area contributed by atoms with Crippen molar-refractivity contribution in [2.24, 2.45) is 0 Å². The number of nitriles is 1. The van der Waals surface area contributed by atoms with Crippen LogP contribution in [0.4, 0.5) is 5.82 Å². The second kappa shape index (κ2) is 6.13. The highest BCUT2D eigenvalue weighted by atomic mass is 15.3. The van der Waals surface area contributed by atoms with Crippen molar-refractivity contribution in [3.63, 3.8) is 0 Å². The third kappa shape index (κ3) is 2.66. The van der Waals surface area contributed by atoms with Gasteiger partial charge >= 0.3 is 0 Å². The summed E-state index contributed by atoms with van der Waals surface area (Å²) in [6.45, 7) is 4.15. The summed E-state index contributed by atoms with van der Waals surface area (Å²) in [4.78, 5) is 0. The van der Waals surface area contributed by atoms with Crippen LogP contribution < -0.4 is 5.73 Å². The minimum Gasteiger partial charge on any atom is -0.383 e. The van der Waals surface area contributed by atoms with E-state index in [1.54, 1.807) is 4.68 Å². The lowest BCUT2D eigenvalue weighted by molar-refractivity contribution is 0.481. The molecule has 4 nitrogen and oxygen atoms in total. The molecule has 0 fully saturated rings. The van der Waals surface area contributed by atoms with Crippen molar-refractivity contribution in [1.29, 1.82) is 5.26 Å².